The van der Waals surface area contributed by atoms with Crippen LogP contribution < -0.4 is 0 Å². The van der Waals surface area contributed by atoms with Gasteiger partial charge in [-0.3, -0.25) is 37.3 Å². The van der Waals surface area contributed by atoms with Crippen molar-refractivity contribution in [2.24, 2.45) is 11.8 Å². The second-order valence-electron chi connectivity index (χ2n) is 28.8. The van der Waals surface area contributed by atoms with Crippen molar-refractivity contribution >= 4 is 39.5 Å². The highest BCUT2D eigenvalue weighted by Crippen LogP contribution is 2.45. The first-order valence-electron chi connectivity index (χ1n) is 40.5. The van der Waals surface area contributed by atoms with Crippen molar-refractivity contribution in [1.29, 1.82) is 0 Å². The largest absolute Gasteiger partial charge is 0.472 e. The van der Waals surface area contributed by atoms with Crippen molar-refractivity contribution in [2.75, 3.05) is 39.6 Å². The number of carbonyl (C=O) groups excluding carboxylic acids is 4. The molecular weight excluding hydrogens is 1270 g/mol. The maximum atomic E-state index is 13.1. The molecule has 6 atom stereocenters. The van der Waals surface area contributed by atoms with Crippen LogP contribution in [0.2, 0.25) is 0 Å². The maximum Gasteiger partial charge on any atom is 0.472 e. The van der Waals surface area contributed by atoms with Crippen LogP contribution in [0.1, 0.15) is 408 Å². The standard InChI is InChI=1S/C78H152O17P2/c1-7-10-12-14-16-18-19-31-38-44-50-56-62-77(82)94-73(66-88-75(80)60-54-48-42-34-17-15-13-11-8-2)68-92-96(84,85)90-64-72(79)65-91-97(86,87)93-69-74(95-78(83)63-57-51-45-39-33-28-22-20-21-25-29-35-40-46-52-58-70(4)5)67-89-76(81)61-55-49-43-37-32-27-24-23-26-30-36-41-47-53-59-71(6)9-3/h70-74,79H,7-69H2,1-6H3,(H,84,85)(H,86,87)/t71?,72-,73+,74+/m0/s1. The SMILES string of the molecule is CCCCCCCCCCCCCCC(=O)O[C@H](COC(=O)CCCCCCCCCCC)COP(=O)(O)OC[C@H](O)COP(=O)(O)OC[C@@H](COC(=O)CCCCCCCCCCCCCCCCC(C)CC)OC(=O)CCCCCCCCCCCCCCCCCC(C)C. The number of phosphoric acid groups is 2. The zero-order valence-electron chi connectivity index (χ0n) is 63.4. The Morgan fingerprint density at radius 1 is 0.299 bits per heavy atom. The summed E-state index contributed by atoms with van der Waals surface area (Å²) in [6.07, 6.45) is 58.1. The van der Waals surface area contributed by atoms with E-state index in [1.54, 1.807) is 0 Å². The van der Waals surface area contributed by atoms with Crippen LogP contribution in [0.25, 0.3) is 0 Å². The molecule has 0 saturated carbocycles. The van der Waals surface area contributed by atoms with Gasteiger partial charge in [-0.2, -0.15) is 0 Å². The van der Waals surface area contributed by atoms with Gasteiger partial charge in [0.2, 0.25) is 0 Å². The number of unbranched alkanes of at least 4 members (excludes halogenated alkanes) is 46. The average Bonchev–Trinajstić information content (AvgIpc) is 1.26. The van der Waals surface area contributed by atoms with Crippen LogP contribution in [0.5, 0.6) is 0 Å². The number of esters is 4. The summed E-state index contributed by atoms with van der Waals surface area (Å²) in [6.45, 7) is 9.68. The quantitative estimate of drug-likeness (QED) is 0.0222. The summed E-state index contributed by atoms with van der Waals surface area (Å²) in [5.74, 6) is -0.460. The molecule has 0 aliphatic heterocycles. The molecule has 0 aromatic heterocycles. The second-order valence-corrected chi connectivity index (χ2v) is 31.7. The number of aliphatic hydroxyl groups is 1. The van der Waals surface area contributed by atoms with E-state index in [9.17, 15) is 43.2 Å². The van der Waals surface area contributed by atoms with Gasteiger partial charge in [-0.15, -0.1) is 0 Å². The zero-order chi connectivity index (χ0) is 71.4. The zero-order valence-corrected chi connectivity index (χ0v) is 65.2. The molecular formula is C78H152O17P2. The molecule has 0 rings (SSSR count). The Morgan fingerprint density at radius 2 is 0.526 bits per heavy atom. The predicted molar refractivity (Wildman–Crippen MR) is 395 cm³/mol. The van der Waals surface area contributed by atoms with Gasteiger partial charge in [0, 0.05) is 25.7 Å². The number of hydrogen-bond acceptors (Lipinski definition) is 15. The molecule has 0 amide bonds. The fraction of sp³-hybridized carbons (Fsp3) is 0.949. The van der Waals surface area contributed by atoms with E-state index < -0.39 is 97.5 Å². The minimum atomic E-state index is -4.96. The number of phosphoric ester groups is 2. The minimum Gasteiger partial charge on any atom is -0.462 e. The number of aliphatic hydroxyl groups excluding tert-OH is 1. The number of hydrogen-bond donors (Lipinski definition) is 3. The van der Waals surface area contributed by atoms with E-state index in [1.807, 2.05) is 0 Å². The van der Waals surface area contributed by atoms with Gasteiger partial charge >= 0.3 is 39.5 Å². The van der Waals surface area contributed by atoms with Gasteiger partial charge in [0.1, 0.15) is 19.3 Å². The third-order valence-electron chi connectivity index (χ3n) is 18.6. The lowest BCUT2D eigenvalue weighted by atomic mass is 9.99. The van der Waals surface area contributed by atoms with Crippen LogP contribution in [-0.2, 0) is 65.4 Å². The van der Waals surface area contributed by atoms with Crippen LogP contribution >= 0.6 is 15.6 Å². The van der Waals surface area contributed by atoms with Gasteiger partial charge < -0.3 is 33.8 Å². The number of carbonyl (C=O) groups is 4. The second kappa shape index (κ2) is 69.8. The molecule has 17 nitrogen and oxygen atoms in total. The van der Waals surface area contributed by atoms with E-state index >= 15 is 0 Å². The van der Waals surface area contributed by atoms with Gasteiger partial charge in [-0.05, 0) is 37.5 Å². The molecule has 97 heavy (non-hydrogen) atoms. The average molecular weight is 1420 g/mol. The highest BCUT2D eigenvalue weighted by molar-refractivity contribution is 7.47. The molecule has 0 aromatic carbocycles. The van der Waals surface area contributed by atoms with Gasteiger partial charge in [0.15, 0.2) is 12.2 Å². The van der Waals surface area contributed by atoms with Crippen LogP contribution in [0.15, 0.2) is 0 Å². The molecule has 0 saturated heterocycles. The molecule has 0 aromatic rings. The smallest absolute Gasteiger partial charge is 0.462 e. The summed E-state index contributed by atoms with van der Waals surface area (Å²) >= 11 is 0. The van der Waals surface area contributed by atoms with Crippen LogP contribution in [0, 0.1) is 11.8 Å². The van der Waals surface area contributed by atoms with Crippen LogP contribution in [0.3, 0.4) is 0 Å². The summed E-state index contributed by atoms with van der Waals surface area (Å²) in [5.41, 5.74) is 0. The highest BCUT2D eigenvalue weighted by Gasteiger charge is 2.30. The third kappa shape index (κ3) is 70.9. The van der Waals surface area contributed by atoms with Gasteiger partial charge in [-0.25, -0.2) is 9.13 Å². The van der Waals surface area contributed by atoms with E-state index in [1.165, 1.54) is 225 Å². The monoisotopic (exact) mass is 1420 g/mol. The first-order valence-corrected chi connectivity index (χ1v) is 43.5. The lowest BCUT2D eigenvalue weighted by Gasteiger charge is -2.21. The first-order chi connectivity index (χ1) is 46.9. The molecule has 3 N–H and O–H groups in total. The van der Waals surface area contributed by atoms with E-state index in [2.05, 4.69) is 41.5 Å². The van der Waals surface area contributed by atoms with Gasteiger partial charge in [-0.1, -0.05) is 356 Å². The minimum absolute atomic E-state index is 0.107. The van der Waals surface area contributed by atoms with Crippen molar-refractivity contribution in [3.05, 3.63) is 0 Å². The fourth-order valence-corrected chi connectivity index (χ4v) is 13.6. The lowest BCUT2D eigenvalue weighted by Crippen LogP contribution is -2.30. The first kappa shape index (κ1) is 95.1. The Hall–Kier alpha value is -1.94. The normalized spacial score (nSPS) is 14.2. The summed E-state index contributed by atoms with van der Waals surface area (Å²) < 4.78 is 68.6. The number of rotatable bonds is 77. The predicted octanol–water partition coefficient (Wildman–Crippen LogP) is 23.1. The fourth-order valence-electron chi connectivity index (χ4n) is 12.0. The Morgan fingerprint density at radius 3 is 0.784 bits per heavy atom. The van der Waals surface area contributed by atoms with Gasteiger partial charge in [0.05, 0.1) is 26.4 Å². The van der Waals surface area contributed by atoms with Crippen molar-refractivity contribution in [1.82, 2.24) is 0 Å². The van der Waals surface area contributed by atoms with Crippen LogP contribution in [-0.4, -0.2) is 96.7 Å². The van der Waals surface area contributed by atoms with E-state index in [-0.39, 0.29) is 25.7 Å². The molecule has 0 radical (unpaired) electrons. The summed E-state index contributed by atoms with van der Waals surface area (Å²) in [6, 6.07) is 0. The molecule has 0 spiro atoms. The Bertz CT molecular complexity index is 1870. The maximum absolute atomic E-state index is 13.1. The summed E-state index contributed by atoms with van der Waals surface area (Å²) in [7, 11) is -9.91. The van der Waals surface area contributed by atoms with E-state index in [0.29, 0.717) is 25.7 Å². The summed E-state index contributed by atoms with van der Waals surface area (Å²) in [4.78, 5) is 72.8. The summed E-state index contributed by atoms with van der Waals surface area (Å²) in [5, 5.41) is 10.6. The Kier molecular flexibility index (Phi) is 68.4. The highest BCUT2D eigenvalue weighted by atomic mass is 31.2. The molecule has 19 heteroatoms. The van der Waals surface area contributed by atoms with Crippen molar-refractivity contribution < 1.29 is 80.2 Å². The number of ether oxygens (including phenoxy) is 4. The molecule has 3 unspecified atom stereocenters. The third-order valence-corrected chi connectivity index (χ3v) is 20.5. The molecule has 0 heterocycles. The van der Waals surface area contributed by atoms with E-state index in [0.717, 1.165) is 102 Å². The van der Waals surface area contributed by atoms with Crippen molar-refractivity contribution in [2.45, 2.75) is 426 Å². The van der Waals surface area contributed by atoms with Crippen molar-refractivity contribution in [3.8, 4) is 0 Å². The van der Waals surface area contributed by atoms with Crippen LogP contribution in [0.4, 0.5) is 0 Å². The Balaban J connectivity index is 5.22. The molecule has 0 aliphatic carbocycles. The van der Waals surface area contributed by atoms with Gasteiger partial charge in [0.25, 0.3) is 0 Å². The molecule has 0 fully saturated rings. The van der Waals surface area contributed by atoms with Crippen molar-refractivity contribution in [3.63, 3.8) is 0 Å². The molecule has 0 aliphatic rings. The topological polar surface area (TPSA) is 237 Å². The van der Waals surface area contributed by atoms with E-state index in [4.69, 9.17) is 37.0 Å². The molecule has 0 bridgehead atoms. The Labute approximate surface area is 594 Å². The molecule has 576 valence electrons. The lowest BCUT2D eigenvalue weighted by molar-refractivity contribution is -0.161.